The highest BCUT2D eigenvalue weighted by Crippen LogP contribution is 2.52. The lowest BCUT2D eigenvalue weighted by molar-refractivity contribution is -0.384. The van der Waals surface area contributed by atoms with Gasteiger partial charge in [0.05, 0.1) is 29.2 Å². The van der Waals surface area contributed by atoms with Crippen LogP contribution in [0.5, 0.6) is 5.75 Å². The Hall–Kier alpha value is -6.97. The van der Waals surface area contributed by atoms with Crippen molar-refractivity contribution >= 4 is 46.1 Å². The molecule has 1 fully saturated rings. The molecule has 4 aliphatic rings. The molecule has 4 heterocycles. The van der Waals surface area contributed by atoms with Crippen LogP contribution in [-0.2, 0) is 11.8 Å². The number of benzene rings is 4. The van der Waals surface area contributed by atoms with Gasteiger partial charge in [-0.2, -0.15) is 5.10 Å². The number of rotatable bonds is 17. The van der Waals surface area contributed by atoms with E-state index in [4.69, 9.17) is 4.74 Å². The standard InChI is InChI=1S/C51H56FN9O6/c1-51(2,48-37-11-9-10-36(37)38-26-34(61(65)66)19-22-40(38)59-48)28-54-50(64)31-13-17-33(18-14-31)57-43(63)12-7-5-4-6-8-23-67-35-20-15-30(16-21-35)46-45(49-55-29-56-60(49)3)47-44-39(42(62)27-53-47)24-32(52)25-41(44)58-46/h13-22,24-26,29,36-37,45-46,48,58-59H,4-12,23,27-28H2,1-3H3,(H,54,64)(H,57,63)/t36?,37?,45-,46-,48?/m1/s1. The number of ketones is 1. The number of nitrogens with zero attached hydrogens (tertiary/aromatic N) is 5. The molecule has 4 aromatic carbocycles. The molecule has 348 valence electrons. The van der Waals surface area contributed by atoms with E-state index in [-0.39, 0.29) is 64.1 Å². The number of unbranched alkanes of at least 4 members (excludes halogenated alkanes) is 4. The molecular weight excluding hydrogens is 854 g/mol. The predicted octanol–water partition coefficient (Wildman–Crippen LogP) is 9.29. The third kappa shape index (κ3) is 9.52. The number of Topliss-reactive ketones (excluding diaryl/α,β-unsaturated/α-hetero) is 1. The van der Waals surface area contributed by atoms with Crippen LogP contribution in [-0.4, -0.2) is 68.7 Å². The molecule has 0 radical (unpaired) electrons. The number of anilines is 3. The zero-order valence-electron chi connectivity index (χ0n) is 38.0. The van der Waals surface area contributed by atoms with Crippen LogP contribution in [0.25, 0.3) is 0 Å². The number of aliphatic imine (C=N–C) groups is 1. The van der Waals surface area contributed by atoms with Gasteiger partial charge in [-0.05, 0) is 103 Å². The first-order chi connectivity index (χ1) is 32.3. The summed E-state index contributed by atoms with van der Waals surface area (Å²) in [6.07, 6.45) is 9.49. The van der Waals surface area contributed by atoms with Crippen molar-refractivity contribution in [2.75, 3.05) is 35.6 Å². The summed E-state index contributed by atoms with van der Waals surface area (Å²) in [5, 5.41) is 29.0. The summed E-state index contributed by atoms with van der Waals surface area (Å²) in [5.41, 5.74) is 6.04. The fraction of sp³-hybridized carbons (Fsp3) is 0.412. The smallest absolute Gasteiger partial charge is 0.269 e. The Balaban J connectivity index is 0.684. The van der Waals surface area contributed by atoms with Gasteiger partial charge >= 0.3 is 0 Å². The average molecular weight is 910 g/mol. The number of nitro groups is 1. The first-order valence-corrected chi connectivity index (χ1v) is 23.3. The van der Waals surface area contributed by atoms with Gasteiger partial charge < -0.3 is 26.0 Å². The first kappa shape index (κ1) is 45.2. The number of fused-ring (bicyclic) bond motifs is 3. The van der Waals surface area contributed by atoms with Gasteiger partial charge in [-0.25, -0.2) is 9.37 Å². The van der Waals surface area contributed by atoms with E-state index in [9.17, 15) is 28.9 Å². The molecule has 0 bridgehead atoms. The molecule has 3 unspecified atom stereocenters. The van der Waals surface area contributed by atoms with Gasteiger partial charge in [-0.15, -0.1) is 0 Å². The summed E-state index contributed by atoms with van der Waals surface area (Å²) in [4.78, 5) is 59.1. The van der Waals surface area contributed by atoms with Crippen LogP contribution in [0.4, 0.5) is 27.1 Å². The minimum Gasteiger partial charge on any atom is -0.494 e. The van der Waals surface area contributed by atoms with Gasteiger partial charge in [0.1, 0.15) is 30.3 Å². The zero-order valence-corrected chi connectivity index (χ0v) is 38.0. The molecule has 16 heteroatoms. The number of carbonyl (C=O) groups excluding carboxylic acids is 3. The van der Waals surface area contributed by atoms with Gasteiger partial charge in [0.15, 0.2) is 5.78 Å². The number of nitro benzene ring substituents is 1. The van der Waals surface area contributed by atoms with E-state index in [1.807, 2.05) is 37.4 Å². The van der Waals surface area contributed by atoms with Crippen molar-refractivity contribution in [1.82, 2.24) is 20.1 Å². The third-order valence-electron chi connectivity index (χ3n) is 14.0. The normalized spacial score (nSPS) is 20.3. The van der Waals surface area contributed by atoms with Gasteiger partial charge in [-0.3, -0.25) is 34.2 Å². The van der Waals surface area contributed by atoms with Crippen LogP contribution in [0.2, 0.25) is 0 Å². The summed E-state index contributed by atoms with van der Waals surface area (Å²) < 4.78 is 22.4. The van der Waals surface area contributed by atoms with Crippen LogP contribution < -0.4 is 26.0 Å². The molecule has 9 rings (SSSR count). The van der Waals surface area contributed by atoms with Gasteiger partial charge in [-0.1, -0.05) is 51.7 Å². The maximum Gasteiger partial charge on any atom is 0.269 e. The van der Waals surface area contributed by atoms with Crippen molar-refractivity contribution in [2.24, 2.45) is 23.4 Å². The molecule has 1 aliphatic carbocycles. The average Bonchev–Trinajstić information content (AvgIpc) is 3.99. The maximum atomic E-state index is 14.7. The van der Waals surface area contributed by atoms with Crippen molar-refractivity contribution in [3.63, 3.8) is 0 Å². The predicted molar refractivity (Wildman–Crippen MR) is 254 cm³/mol. The lowest BCUT2D eigenvalue weighted by atomic mass is 9.69. The van der Waals surface area contributed by atoms with Crippen LogP contribution >= 0.6 is 0 Å². The highest BCUT2D eigenvalue weighted by molar-refractivity contribution is 6.21. The summed E-state index contributed by atoms with van der Waals surface area (Å²) >= 11 is 0. The van der Waals surface area contributed by atoms with E-state index in [1.165, 1.54) is 18.5 Å². The number of carbonyl (C=O) groups is 3. The Bertz CT molecular complexity index is 2720. The molecule has 3 aliphatic heterocycles. The van der Waals surface area contributed by atoms with E-state index in [0.29, 0.717) is 65.1 Å². The van der Waals surface area contributed by atoms with Crippen LogP contribution in [0.15, 0.2) is 90.2 Å². The first-order valence-electron chi connectivity index (χ1n) is 23.3. The second-order valence-corrected chi connectivity index (χ2v) is 18.9. The minimum absolute atomic E-state index is 0.0481. The van der Waals surface area contributed by atoms with Crippen molar-refractivity contribution in [1.29, 1.82) is 0 Å². The summed E-state index contributed by atoms with van der Waals surface area (Å²) in [7, 11) is 1.82. The highest BCUT2D eigenvalue weighted by atomic mass is 19.1. The van der Waals surface area contributed by atoms with Crippen LogP contribution in [0.3, 0.4) is 0 Å². The molecule has 1 saturated carbocycles. The number of hydrogen-bond acceptors (Lipinski definition) is 11. The second-order valence-electron chi connectivity index (χ2n) is 18.9. The Kier molecular flexibility index (Phi) is 12.9. The molecule has 0 spiro atoms. The molecular formula is C51H56FN9O6. The number of halogens is 1. The largest absolute Gasteiger partial charge is 0.494 e. The van der Waals surface area contributed by atoms with Crippen molar-refractivity contribution < 1.29 is 28.4 Å². The number of aryl methyl sites for hydroxylation is 1. The molecule has 0 saturated heterocycles. The monoisotopic (exact) mass is 909 g/mol. The number of ether oxygens (including phenoxy) is 1. The van der Waals surface area contributed by atoms with Gasteiger partial charge in [0.2, 0.25) is 5.91 Å². The molecule has 1 aromatic heterocycles. The van der Waals surface area contributed by atoms with Gasteiger partial charge in [0.25, 0.3) is 11.6 Å². The van der Waals surface area contributed by atoms with E-state index in [2.05, 4.69) is 50.2 Å². The second kappa shape index (κ2) is 19.1. The Morgan fingerprint density at radius 1 is 0.955 bits per heavy atom. The van der Waals surface area contributed by atoms with Crippen molar-refractivity contribution in [3.8, 4) is 5.75 Å². The molecule has 67 heavy (non-hydrogen) atoms. The lowest BCUT2D eigenvalue weighted by Crippen LogP contribution is -2.51. The minimum atomic E-state index is -0.482. The fourth-order valence-electron chi connectivity index (χ4n) is 10.6. The highest BCUT2D eigenvalue weighted by Gasteiger charge is 2.46. The summed E-state index contributed by atoms with van der Waals surface area (Å²) in [6.45, 7) is 5.26. The number of aromatic nitrogens is 3. The zero-order chi connectivity index (χ0) is 46.8. The Labute approximate surface area is 388 Å². The maximum absolute atomic E-state index is 14.7. The Morgan fingerprint density at radius 3 is 2.49 bits per heavy atom. The summed E-state index contributed by atoms with van der Waals surface area (Å²) in [5.74, 6) is 0.677. The number of amides is 2. The third-order valence-corrected chi connectivity index (χ3v) is 14.0. The van der Waals surface area contributed by atoms with Crippen molar-refractivity contribution in [3.05, 3.63) is 135 Å². The van der Waals surface area contributed by atoms with Crippen molar-refractivity contribution in [2.45, 2.75) is 95.6 Å². The number of nitrogens with one attached hydrogen (secondary N) is 4. The molecule has 5 atom stereocenters. The molecule has 4 N–H and O–H groups in total. The quantitative estimate of drug-likeness (QED) is 0.0397. The SMILES string of the molecule is Cn1ncnc1[C@H]1C2=NCC(=O)c3cc(F)cc(c32)N[C@@H]1c1ccc(OCCCCCCCC(=O)Nc2ccc(C(=O)NCC(C)(C)C3Nc4ccc([N+](=O)[O-])cc4C4CCCC43)cc2)cc1. The van der Waals surface area contributed by atoms with E-state index in [1.54, 1.807) is 41.1 Å². The van der Waals surface area contributed by atoms with Crippen LogP contribution in [0, 0.1) is 27.3 Å². The van der Waals surface area contributed by atoms with E-state index in [0.717, 1.165) is 73.9 Å². The fourth-order valence-corrected chi connectivity index (χ4v) is 10.6. The Morgan fingerprint density at radius 2 is 1.73 bits per heavy atom. The topological polar surface area (TPSA) is 195 Å². The van der Waals surface area contributed by atoms with Gasteiger partial charge in [0, 0.05) is 77.4 Å². The summed E-state index contributed by atoms with van der Waals surface area (Å²) in [6, 6.07) is 22.3. The number of non-ortho nitro benzene ring substituents is 1. The van der Waals surface area contributed by atoms with E-state index >= 15 is 0 Å². The molecule has 2 amide bonds. The molecule has 15 nitrogen and oxygen atoms in total. The number of hydrogen-bond donors (Lipinski definition) is 4. The lowest BCUT2D eigenvalue weighted by Gasteiger charge is -2.45. The van der Waals surface area contributed by atoms with E-state index < -0.39 is 5.82 Å². The molecule has 5 aromatic rings. The van der Waals surface area contributed by atoms with Crippen LogP contribution in [0.1, 0.15) is 133 Å².